The van der Waals surface area contributed by atoms with Crippen LogP contribution in [0.15, 0.2) is 36.9 Å². The summed E-state index contributed by atoms with van der Waals surface area (Å²) in [6, 6.07) is 7.50. The number of alkyl halides is 3. The van der Waals surface area contributed by atoms with E-state index in [1.165, 1.54) is 21.4 Å². The molecule has 1 aromatic carbocycles. The van der Waals surface area contributed by atoms with Gasteiger partial charge in [-0.05, 0) is 30.5 Å². The number of nitrogens with one attached hydrogen (secondary N) is 2. The quantitative estimate of drug-likeness (QED) is 0.427. The normalized spacial score (nSPS) is 15.4. The van der Waals surface area contributed by atoms with E-state index in [1.54, 1.807) is 12.1 Å². The van der Waals surface area contributed by atoms with E-state index < -0.39 is 27.5 Å². The van der Waals surface area contributed by atoms with Gasteiger partial charge in [-0.1, -0.05) is 19.9 Å². The van der Waals surface area contributed by atoms with Crippen molar-refractivity contribution in [3.8, 4) is 23.1 Å². The third-order valence-electron chi connectivity index (χ3n) is 6.35. The first-order chi connectivity index (χ1) is 18.3. The number of sulfonamides is 1. The predicted molar refractivity (Wildman–Crippen MR) is 139 cm³/mol. The fourth-order valence-corrected chi connectivity index (χ4v) is 5.15. The molecule has 0 atom stereocenters. The highest BCUT2D eigenvalue weighted by atomic mass is 32.2. The molecule has 0 radical (unpaired) electrons. The Morgan fingerprint density at radius 3 is 2.54 bits per heavy atom. The number of imidazole rings is 1. The minimum Gasteiger partial charge on any atom is -0.351 e. The molecular formula is C25H29F3N8O2S. The highest BCUT2D eigenvalue weighted by Gasteiger charge is 2.36. The molecule has 0 amide bonds. The monoisotopic (exact) mass is 562 g/mol. The molecular weight excluding hydrogens is 533 g/mol. The van der Waals surface area contributed by atoms with E-state index in [4.69, 9.17) is 0 Å². The van der Waals surface area contributed by atoms with Gasteiger partial charge in [0.15, 0.2) is 0 Å². The fraction of sp³-hybridized carbons (Fsp3) is 0.440. The van der Waals surface area contributed by atoms with Crippen molar-refractivity contribution >= 4 is 16.0 Å². The van der Waals surface area contributed by atoms with E-state index >= 15 is 0 Å². The van der Waals surface area contributed by atoms with Crippen molar-refractivity contribution < 1.29 is 21.6 Å². The Balaban J connectivity index is 1.61. The molecule has 3 aromatic rings. The van der Waals surface area contributed by atoms with Crippen LogP contribution in [-0.2, 0) is 22.7 Å². The van der Waals surface area contributed by atoms with Gasteiger partial charge in [0.25, 0.3) is 0 Å². The smallest absolute Gasteiger partial charge is 0.351 e. The van der Waals surface area contributed by atoms with Gasteiger partial charge < -0.3 is 15.2 Å². The number of benzene rings is 1. The Morgan fingerprint density at radius 2 is 1.92 bits per heavy atom. The van der Waals surface area contributed by atoms with Gasteiger partial charge in [0.2, 0.25) is 16.0 Å². The summed E-state index contributed by atoms with van der Waals surface area (Å²) in [4.78, 5) is 12.2. The van der Waals surface area contributed by atoms with E-state index in [0.29, 0.717) is 49.9 Å². The maximum Gasteiger partial charge on any atom is 0.420 e. The first-order valence-corrected chi connectivity index (χ1v) is 14.2. The van der Waals surface area contributed by atoms with Gasteiger partial charge in [0.05, 0.1) is 17.5 Å². The largest absolute Gasteiger partial charge is 0.420 e. The summed E-state index contributed by atoms with van der Waals surface area (Å²) in [6.45, 7) is 5.18. The lowest BCUT2D eigenvalue weighted by Crippen LogP contribution is -2.42. The van der Waals surface area contributed by atoms with Crippen LogP contribution in [0.4, 0.5) is 19.1 Å². The lowest BCUT2D eigenvalue weighted by Gasteiger charge is -2.30. The van der Waals surface area contributed by atoms with Crippen molar-refractivity contribution in [1.29, 1.82) is 5.26 Å². The van der Waals surface area contributed by atoms with Gasteiger partial charge in [0.1, 0.15) is 29.3 Å². The van der Waals surface area contributed by atoms with Crippen LogP contribution in [0.25, 0.3) is 17.1 Å². The third kappa shape index (κ3) is 6.92. The molecule has 39 heavy (non-hydrogen) atoms. The minimum absolute atomic E-state index is 0.00919. The molecule has 0 bridgehead atoms. The van der Waals surface area contributed by atoms with Crippen LogP contribution in [-0.4, -0.2) is 63.7 Å². The number of aromatic nitrogens is 4. The van der Waals surface area contributed by atoms with E-state index in [9.17, 15) is 26.9 Å². The van der Waals surface area contributed by atoms with Crippen LogP contribution in [0.5, 0.6) is 0 Å². The number of nitriles is 1. The summed E-state index contributed by atoms with van der Waals surface area (Å²) in [5.74, 6) is -0.00919. The molecule has 2 N–H and O–H groups in total. The summed E-state index contributed by atoms with van der Waals surface area (Å²) in [5.41, 5.74) is 0.253. The standard InChI is InChI=1S/C25H29F3N8O2S/c1-16(2)30-12-17-4-5-22(18(10-17)11-29)35-14-21(32-15-35)23-20(25(26,27)28)13-31-24(34-23)33-19-6-8-36(9-7-19)39(3,37)38/h4-5,10,13-16,19,30H,6-9,12H2,1-3H3,(H,31,33,34). The fourth-order valence-electron chi connectivity index (χ4n) is 4.28. The maximum atomic E-state index is 13.9. The Kier molecular flexibility index (Phi) is 8.24. The Morgan fingerprint density at radius 1 is 1.21 bits per heavy atom. The molecule has 3 heterocycles. The van der Waals surface area contributed by atoms with Crippen molar-refractivity contribution in [2.24, 2.45) is 0 Å². The van der Waals surface area contributed by atoms with Crippen LogP contribution >= 0.6 is 0 Å². The average Bonchev–Trinajstić information content (AvgIpc) is 3.36. The van der Waals surface area contributed by atoms with Gasteiger partial charge in [-0.2, -0.15) is 18.4 Å². The number of hydrogen-bond acceptors (Lipinski definition) is 8. The van der Waals surface area contributed by atoms with Crippen molar-refractivity contribution in [1.82, 2.24) is 29.1 Å². The first kappa shape index (κ1) is 28.5. The number of anilines is 1. The molecule has 1 saturated heterocycles. The highest BCUT2D eigenvalue weighted by Crippen LogP contribution is 2.36. The van der Waals surface area contributed by atoms with E-state index in [-0.39, 0.29) is 23.7 Å². The molecule has 0 unspecified atom stereocenters. The zero-order valence-corrected chi connectivity index (χ0v) is 22.5. The molecule has 1 aliphatic heterocycles. The molecule has 14 heteroatoms. The Bertz CT molecular complexity index is 1470. The summed E-state index contributed by atoms with van der Waals surface area (Å²) in [5, 5.41) is 16.0. The van der Waals surface area contributed by atoms with Gasteiger partial charge in [-0.25, -0.2) is 27.7 Å². The lowest BCUT2D eigenvalue weighted by molar-refractivity contribution is -0.137. The van der Waals surface area contributed by atoms with Crippen molar-refractivity contribution in [2.45, 2.75) is 51.5 Å². The molecule has 1 fully saturated rings. The zero-order chi connectivity index (χ0) is 28.4. The van der Waals surface area contributed by atoms with Crippen molar-refractivity contribution in [2.75, 3.05) is 24.7 Å². The molecule has 208 valence electrons. The number of rotatable bonds is 8. The second kappa shape index (κ2) is 11.3. The number of halogens is 3. The van der Waals surface area contributed by atoms with E-state index in [1.807, 2.05) is 19.9 Å². The maximum absolute atomic E-state index is 13.9. The van der Waals surface area contributed by atoms with Crippen LogP contribution in [0.3, 0.4) is 0 Å². The van der Waals surface area contributed by atoms with Gasteiger partial charge in [0, 0.05) is 44.1 Å². The van der Waals surface area contributed by atoms with E-state index in [0.717, 1.165) is 11.8 Å². The molecule has 10 nitrogen and oxygen atoms in total. The summed E-state index contributed by atoms with van der Waals surface area (Å²) in [6.07, 6.45) is 0.793. The molecule has 0 aliphatic carbocycles. The SMILES string of the molecule is CC(C)NCc1ccc(-n2cnc(-c3nc(NC4CCN(S(C)(=O)=O)CC4)ncc3C(F)(F)F)c2)c(C#N)c1. The van der Waals surface area contributed by atoms with Crippen molar-refractivity contribution in [3.63, 3.8) is 0 Å². The minimum atomic E-state index is -4.72. The second-order valence-corrected chi connectivity index (χ2v) is 11.7. The molecule has 0 spiro atoms. The number of hydrogen-bond donors (Lipinski definition) is 2. The molecule has 4 rings (SSSR count). The first-order valence-electron chi connectivity index (χ1n) is 12.3. The molecule has 2 aromatic heterocycles. The zero-order valence-electron chi connectivity index (χ0n) is 21.7. The second-order valence-electron chi connectivity index (χ2n) is 9.70. The Hall–Kier alpha value is -3.54. The van der Waals surface area contributed by atoms with Crippen LogP contribution in [0, 0.1) is 11.3 Å². The van der Waals surface area contributed by atoms with Crippen LogP contribution in [0.1, 0.15) is 43.4 Å². The van der Waals surface area contributed by atoms with Crippen LogP contribution in [0.2, 0.25) is 0 Å². The number of piperidine rings is 1. The van der Waals surface area contributed by atoms with Crippen molar-refractivity contribution in [3.05, 3.63) is 53.6 Å². The summed E-state index contributed by atoms with van der Waals surface area (Å²) in [7, 11) is -3.31. The van der Waals surface area contributed by atoms with Gasteiger partial charge in [-0.15, -0.1) is 0 Å². The highest BCUT2D eigenvalue weighted by molar-refractivity contribution is 7.88. The number of nitrogens with zero attached hydrogens (tertiary/aromatic N) is 6. The molecule has 0 saturated carbocycles. The molecule has 1 aliphatic rings. The lowest BCUT2D eigenvalue weighted by atomic mass is 10.1. The predicted octanol–water partition coefficient (Wildman–Crippen LogP) is 3.55. The van der Waals surface area contributed by atoms with Gasteiger partial charge >= 0.3 is 6.18 Å². The van der Waals surface area contributed by atoms with Crippen LogP contribution < -0.4 is 10.6 Å². The Labute approximate surface area is 225 Å². The summed E-state index contributed by atoms with van der Waals surface area (Å²) < 4.78 is 67.9. The average molecular weight is 563 g/mol. The van der Waals surface area contributed by atoms with E-state index in [2.05, 4.69) is 31.7 Å². The third-order valence-corrected chi connectivity index (χ3v) is 7.65. The topological polar surface area (TPSA) is 129 Å². The van der Waals surface area contributed by atoms with Gasteiger partial charge in [-0.3, -0.25) is 0 Å². The summed E-state index contributed by atoms with van der Waals surface area (Å²) >= 11 is 0.